The van der Waals surface area contributed by atoms with E-state index in [0.717, 1.165) is 66.1 Å². The van der Waals surface area contributed by atoms with Crippen LogP contribution in [0, 0.1) is 22.7 Å². The molecule has 0 fully saturated rings. The van der Waals surface area contributed by atoms with Gasteiger partial charge in [-0.25, -0.2) is 0 Å². The molecule has 0 bridgehead atoms. The Morgan fingerprint density at radius 2 is 1.02 bits per heavy atom. The van der Waals surface area contributed by atoms with Crippen molar-refractivity contribution in [3.63, 3.8) is 0 Å². The maximum atomic E-state index is 10.4. The second kappa shape index (κ2) is 9.24. The van der Waals surface area contributed by atoms with Gasteiger partial charge in [0, 0.05) is 38.4 Å². The van der Waals surface area contributed by atoms with Crippen LogP contribution in [-0.2, 0) is 0 Å². The molecule has 0 radical (unpaired) electrons. The van der Waals surface area contributed by atoms with Crippen LogP contribution in [0.15, 0.2) is 133 Å². The van der Waals surface area contributed by atoms with Gasteiger partial charge in [-0.2, -0.15) is 10.5 Å². The van der Waals surface area contributed by atoms with E-state index in [2.05, 4.69) is 118 Å². The van der Waals surface area contributed by atoms with Crippen LogP contribution in [0.3, 0.4) is 0 Å². The molecule has 6 aromatic carbocycles. The summed E-state index contributed by atoms with van der Waals surface area (Å²) in [4.78, 5) is 0. The van der Waals surface area contributed by atoms with Crippen molar-refractivity contribution < 1.29 is 0 Å². The zero-order chi connectivity index (χ0) is 28.2. The van der Waals surface area contributed by atoms with Crippen LogP contribution in [0.25, 0.3) is 66.1 Å². The maximum absolute atomic E-state index is 10.4. The van der Waals surface area contributed by atoms with Crippen molar-refractivity contribution in [3.8, 4) is 34.6 Å². The molecule has 4 nitrogen and oxygen atoms in total. The van der Waals surface area contributed by atoms with Gasteiger partial charge in [-0.15, -0.1) is 0 Å². The third-order valence-electron chi connectivity index (χ3n) is 8.22. The average molecular weight is 535 g/mol. The number of hydrogen-bond acceptors (Lipinski definition) is 2. The van der Waals surface area contributed by atoms with Crippen molar-refractivity contribution in [3.05, 3.63) is 145 Å². The molecule has 4 heteroatoms. The van der Waals surface area contributed by atoms with E-state index in [9.17, 15) is 10.5 Å². The Bertz CT molecular complexity index is 2380. The van der Waals surface area contributed by atoms with Gasteiger partial charge in [0.15, 0.2) is 0 Å². The predicted molar refractivity (Wildman–Crippen MR) is 170 cm³/mol. The number of benzene rings is 6. The van der Waals surface area contributed by atoms with E-state index < -0.39 is 0 Å². The van der Waals surface area contributed by atoms with Crippen molar-refractivity contribution >= 4 is 43.6 Å². The normalized spacial score (nSPS) is 11.3. The zero-order valence-electron chi connectivity index (χ0n) is 22.5. The molecule has 0 N–H and O–H groups in total. The molecule has 0 aliphatic heterocycles. The maximum Gasteiger partial charge on any atom is 0.101 e. The SMILES string of the molecule is N#Cc1cccc(-c2c(-n3c4ccccc4c4ccccc43)ccc3c4ccccc4n(-c4ccccc4)c23)c1C#N. The second-order valence-corrected chi connectivity index (χ2v) is 10.4. The van der Waals surface area contributed by atoms with Gasteiger partial charge in [-0.05, 0) is 42.5 Å². The Balaban J connectivity index is 1.66. The minimum absolute atomic E-state index is 0.363. The fourth-order valence-corrected chi connectivity index (χ4v) is 6.50. The molecule has 0 amide bonds. The molecule has 0 saturated heterocycles. The highest BCUT2D eigenvalue weighted by Gasteiger charge is 2.24. The van der Waals surface area contributed by atoms with Crippen molar-refractivity contribution in [2.45, 2.75) is 0 Å². The standard InChI is InChI=1S/C38H22N4/c39-23-25-11-10-17-30(32(25)24-40)37-36(42-34-19-8-4-14-27(34)28-15-5-9-20-35(28)42)22-21-31-29-16-6-7-18-33(29)41(38(31)37)26-12-2-1-3-13-26/h1-22H. The molecule has 194 valence electrons. The Morgan fingerprint density at radius 3 is 1.64 bits per heavy atom. The first-order chi connectivity index (χ1) is 20.8. The number of nitriles is 2. The third-order valence-corrected chi connectivity index (χ3v) is 8.22. The lowest BCUT2D eigenvalue weighted by Gasteiger charge is -2.19. The largest absolute Gasteiger partial charge is 0.309 e. The quantitative estimate of drug-likeness (QED) is 0.227. The van der Waals surface area contributed by atoms with Crippen molar-refractivity contribution in [1.29, 1.82) is 10.5 Å². The summed E-state index contributed by atoms with van der Waals surface area (Å²) in [6.07, 6.45) is 0. The lowest BCUT2D eigenvalue weighted by atomic mass is 9.93. The highest BCUT2D eigenvalue weighted by molar-refractivity contribution is 6.17. The molecule has 8 aromatic rings. The van der Waals surface area contributed by atoms with Gasteiger partial charge in [-0.3, -0.25) is 0 Å². The van der Waals surface area contributed by atoms with Gasteiger partial charge >= 0.3 is 0 Å². The first-order valence-corrected chi connectivity index (χ1v) is 13.8. The van der Waals surface area contributed by atoms with Gasteiger partial charge in [-0.1, -0.05) is 91.0 Å². The van der Waals surface area contributed by atoms with Crippen molar-refractivity contribution in [1.82, 2.24) is 9.13 Å². The van der Waals surface area contributed by atoms with Crippen molar-refractivity contribution in [2.75, 3.05) is 0 Å². The molecule has 0 unspecified atom stereocenters. The number of fused-ring (bicyclic) bond motifs is 6. The molecular weight excluding hydrogens is 512 g/mol. The molecule has 2 aromatic heterocycles. The summed E-state index contributed by atoms with van der Waals surface area (Å²) in [6, 6.07) is 50.2. The second-order valence-electron chi connectivity index (χ2n) is 10.4. The van der Waals surface area contributed by atoms with Gasteiger partial charge in [0.05, 0.1) is 38.9 Å². The monoisotopic (exact) mass is 534 g/mol. The smallest absolute Gasteiger partial charge is 0.101 e. The van der Waals surface area contributed by atoms with Crippen LogP contribution in [0.1, 0.15) is 11.1 Å². The van der Waals surface area contributed by atoms with Gasteiger partial charge in [0.2, 0.25) is 0 Å². The number of rotatable bonds is 3. The topological polar surface area (TPSA) is 57.4 Å². The summed E-state index contributed by atoms with van der Waals surface area (Å²) in [5.41, 5.74) is 8.59. The molecular formula is C38H22N4. The average Bonchev–Trinajstić information content (AvgIpc) is 3.57. The van der Waals surface area contributed by atoms with Gasteiger partial charge in [0.25, 0.3) is 0 Å². The lowest BCUT2D eigenvalue weighted by molar-refractivity contribution is 1.16. The molecule has 8 rings (SSSR count). The van der Waals surface area contributed by atoms with E-state index in [1.165, 1.54) is 0 Å². The van der Waals surface area contributed by atoms with E-state index >= 15 is 0 Å². The van der Waals surface area contributed by atoms with Crippen LogP contribution in [0.4, 0.5) is 0 Å². The van der Waals surface area contributed by atoms with Gasteiger partial charge < -0.3 is 9.13 Å². The molecule has 0 atom stereocenters. The molecule has 42 heavy (non-hydrogen) atoms. The Hall–Kier alpha value is -6.10. The molecule has 0 spiro atoms. The van der Waals surface area contributed by atoms with E-state index in [1.807, 2.05) is 30.3 Å². The van der Waals surface area contributed by atoms with Crippen LogP contribution < -0.4 is 0 Å². The number of hydrogen-bond donors (Lipinski definition) is 0. The highest BCUT2D eigenvalue weighted by atomic mass is 15.0. The van der Waals surface area contributed by atoms with E-state index in [1.54, 1.807) is 6.07 Å². The fourth-order valence-electron chi connectivity index (χ4n) is 6.50. The summed E-state index contributed by atoms with van der Waals surface area (Å²) in [7, 11) is 0. The summed E-state index contributed by atoms with van der Waals surface area (Å²) in [5, 5.41) is 25.0. The number of para-hydroxylation sites is 4. The summed E-state index contributed by atoms with van der Waals surface area (Å²) in [5.74, 6) is 0. The van der Waals surface area contributed by atoms with E-state index in [0.29, 0.717) is 11.1 Å². The van der Waals surface area contributed by atoms with Crippen LogP contribution in [0.2, 0.25) is 0 Å². The first-order valence-electron chi connectivity index (χ1n) is 13.8. The van der Waals surface area contributed by atoms with E-state index in [4.69, 9.17) is 0 Å². The Labute approximate surface area is 242 Å². The summed E-state index contributed by atoms with van der Waals surface area (Å²) >= 11 is 0. The molecule has 0 aliphatic rings. The van der Waals surface area contributed by atoms with Crippen molar-refractivity contribution in [2.24, 2.45) is 0 Å². The zero-order valence-corrected chi connectivity index (χ0v) is 22.5. The molecule has 0 saturated carbocycles. The Morgan fingerprint density at radius 1 is 0.452 bits per heavy atom. The summed E-state index contributed by atoms with van der Waals surface area (Å²) in [6.45, 7) is 0. The van der Waals surface area contributed by atoms with Crippen LogP contribution in [-0.4, -0.2) is 9.13 Å². The molecule has 2 heterocycles. The highest BCUT2D eigenvalue weighted by Crippen LogP contribution is 2.44. The van der Waals surface area contributed by atoms with E-state index in [-0.39, 0.29) is 0 Å². The Kier molecular flexibility index (Phi) is 5.22. The fraction of sp³-hybridized carbons (Fsp3) is 0. The third kappa shape index (κ3) is 3.27. The summed E-state index contributed by atoms with van der Waals surface area (Å²) < 4.78 is 4.59. The number of aromatic nitrogens is 2. The first kappa shape index (κ1) is 23.8. The van der Waals surface area contributed by atoms with Gasteiger partial charge in [0.1, 0.15) is 12.1 Å². The van der Waals surface area contributed by atoms with Crippen LogP contribution >= 0.6 is 0 Å². The minimum atomic E-state index is 0.363. The number of nitrogens with zero attached hydrogens (tertiary/aromatic N) is 4. The molecule has 0 aliphatic carbocycles. The van der Waals surface area contributed by atoms with Crippen LogP contribution in [0.5, 0.6) is 0 Å². The minimum Gasteiger partial charge on any atom is -0.309 e. The lowest BCUT2D eigenvalue weighted by Crippen LogP contribution is -2.03. The predicted octanol–water partition coefficient (Wildman–Crippen LogP) is 9.29.